The van der Waals surface area contributed by atoms with Crippen molar-refractivity contribution in [2.24, 2.45) is 0 Å². The van der Waals surface area contributed by atoms with Crippen LogP contribution in [0.4, 0.5) is 0 Å². The summed E-state index contributed by atoms with van der Waals surface area (Å²) in [5, 5.41) is 14.5. The molecule has 0 bridgehead atoms. The van der Waals surface area contributed by atoms with Crippen molar-refractivity contribution < 1.29 is 9.90 Å². The summed E-state index contributed by atoms with van der Waals surface area (Å²) in [6.07, 6.45) is 4.25. The van der Waals surface area contributed by atoms with E-state index in [0.29, 0.717) is 11.1 Å². The first-order valence-electron chi connectivity index (χ1n) is 8.68. The second kappa shape index (κ2) is 6.78. The molecule has 0 heterocycles. The molecule has 3 heteroatoms. The molecule has 2 aromatic rings. The SMILES string of the molecule is Cc1ccc(C(O)(C(=O)NC2CCCC2)c2ccc(C)cc2)cc1. The van der Waals surface area contributed by atoms with Gasteiger partial charge >= 0.3 is 0 Å². The van der Waals surface area contributed by atoms with Crippen LogP contribution in [-0.4, -0.2) is 17.1 Å². The van der Waals surface area contributed by atoms with Gasteiger partial charge in [-0.3, -0.25) is 4.79 Å². The van der Waals surface area contributed by atoms with Crippen molar-refractivity contribution in [1.82, 2.24) is 5.32 Å². The highest BCUT2D eigenvalue weighted by Gasteiger charge is 2.41. The highest BCUT2D eigenvalue weighted by molar-refractivity contribution is 5.90. The fourth-order valence-electron chi connectivity index (χ4n) is 3.38. The van der Waals surface area contributed by atoms with E-state index >= 15 is 0 Å². The molecule has 0 atom stereocenters. The van der Waals surface area contributed by atoms with Crippen LogP contribution in [0.1, 0.15) is 47.9 Å². The minimum Gasteiger partial charge on any atom is -0.372 e. The minimum absolute atomic E-state index is 0.167. The molecule has 1 saturated carbocycles. The maximum absolute atomic E-state index is 13.0. The predicted molar refractivity (Wildman–Crippen MR) is 95.8 cm³/mol. The fourth-order valence-corrected chi connectivity index (χ4v) is 3.38. The maximum Gasteiger partial charge on any atom is 0.261 e. The summed E-state index contributed by atoms with van der Waals surface area (Å²) in [6, 6.07) is 15.2. The van der Waals surface area contributed by atoms with E-state index in [9.17, 15) is 9.90 Å². The van der Waals surface area contributed by atoms with Gasteiger partial charge in [0.2, 0.25) is 0 Å². The maximum atomic E-state index is 13.0. The molecule has 1 fully saturated rings. The monoisotopic (exact) mass is 323 g/mol. The standard InChI is InChI=1S/C21H25NO2/c1-15-7-11-17(12-8-15)21(24,18-13-9-16(2)10-14-18)20(23)22-19-5-3-4-6-19/h7-14,19,24H,3-6H2,1-2H3,(H,22,23). The third-order valence-corrected chi connectivity index (χ3v) is 4.96. The van der Waals surface area contributed by atoms with Crippen molar-refractivity contribution >= 4 is 5.91 Å². The molecule has 1 aliphatic carbocycles. The fraction of sp³-hybridized carbons (Fsp3) is 0.381. The normalized spacial score (nSPS) is 15.5. The van der Waals surface area contributed by atoms with Crippen LogP contribution in [0, 0.1) is 13.8 Å². The summed E-state index contributed by atoms with van der Waals surface area (Å²) in [6.45, 7) is 3.99. The van der Waals surface area contributed by atoms with E-state index in [-0.39, 0.29) is 11.9 Å². The Balaban J connectivity index is 2.00. The Morgan fingerprint density at radius 3 is 1.75 bits per heavy atom. The molecule has 1 amide bonds. The zero-order valence-electron chi connectivity index (χ0n) is 14.4. The largest absolute Gasteiger partial charge is 0.372 e. The Labute approximate surface area is 143 Å². The first-order valence-corrected chi connectivity index (χ1v) is 8.68. The summed E-state index contributed by atoms with van der Waals surface area (Å²) in [4.78, 5) is 13.0. The van der Waals surface area contributed by atoms with Gasteiger partial charge < -0.3 is 10.4 Å². The first-order chi connectivity index (χ1) is 11.5. The Hall–Kier alpha value is -2.13. The van der Waals surface area contributed by atoms with Crippen molar-refractivity contribution in [2.75, 3.05) is 0 Å². The summed E-state index contributed by atoms with van der Waals surface area (Å²) in [5.41, 5.74) is 1.74. The van der Waals surface area contributed by atoms with Crippen molar-refractivity contribution in [3.05, 3.63) is 70.8 Å². The van der Waals surface area contributed by atoms with E-state index in [0.717, 1.165) is 36.8 Å². The topological polar surface area (TPSA) is 49.3 Å². The van der Waals surface area contributed by atoms with Gasteiger partial charge in [-0.05, 0) is 37.8 Å². The molecular formula is C21H25NO2. The van der Waals surface area contributed by atoms with Crippen LogP contribution < -0.4 is 5.32 Å². The van der Waals surface area contributed by atoms with Crippen molar-refractivity contribution in [3.8, 4) is 0 Å². The Bertz CT molecular complexity index is 652. The lowest BCUT2D eigenvalue weighted by Gasteiger charge is -2.30. The van der Waals surface area contributed by atoms with Crippen LogP contribution in [-0.2, 0) is 10.4 Å². The molecule has 0 saturated heterocycles. The Morgan fingerprint density at radius 2 is 1.33 bits per heavy atom. The Morgan fingerprint density at radius 1 is 0.917 bits per heavy atom. The summed E-state index contributed by atoms with van der Waals surface area (Å²) in [5.74, 6) is -0.331. The molecule has 2 N–H and O–H groups in total. The van der Waals surface area contributed by atoms with E-state index in [1.54, 1.807) is 0 Å². The lowest BCUT2D eigenvalue weighted by Crippen LogP contribution is -2.48. The zero-order chi connectivity index (χ0) is 17.2. The number of hydrogen-bond donors (Lipinski definition) is 2. The van der Waals surface area contributed by atoms with Crippen LogP contribution in [0.15, 0.2) is 48.5 Å². The van der Waals surface area contributed by atoms with Crippen molar-refractivity contribution in [1.29, 1.82) is 0 Å². The van der Waals surface area contributed by atoms with Crippen LogP contribution in [0.3, 0.4) is 0 Å². The molecule has 3 nitrogen and oxygen atoms in total. The van der Waals surface area contributed by atoms with E-state index in [4.69, 9.17) is 0 Å². The van der Waals surface area contributed by atoms with E-state index in [1.807, 2.05) is 62.4 Å². The van der Waals surface area contributed by atoms with E-state index < -0.39 is 5.60 Å². The average Bonchev–Trinajstić information content (AvgIpc) is 3.08. The number of carbonyl (C=O) groups is 1. The van der Waals surface area contributed by atoms with Gasteiger partial charge in [0.25, 0.3) is 5.91 Å². The lowest BCUT2D eigenvalue weighted by atomic mass is 9.84. The van der Waals surface area contributed by atoms with Gasteiger partial charge in [-0.1, -0.05) is 72.5 Å². The third-order valence-electron chi connectivity index (χ3n) is 4.96. The number of aliphatic hydroxyl groups is 1. The third kappa shape index (κ3) is 3.22. The predicted octanol–water partition coefficient (Wildman–Crippen LogP) is 3.60. The van der Waals surface area contributed by atoms with Crippen LogP contribution in [0.5, 0.6) is 0 Å². The second-order valence-corrected chi connectivity index (χ2v) is 6.90. The molecule has 0 aromatic heterocycles. The number of hydrogen-bond acceptors (Lipinski definition) is 2. The molecule has 24 heavy (non-hydrogen) atoms. The zero-order valence-corrected chi connectivity index (χ0v) is 14.4. The molecule has 126 valence electrons. The number of benzene rings is 2. The molecule has 0 spiro atoms. The highest BCUT2D eigenvalue weighted by atomic mass is 16.3. The highest BCUT2D eigenvalue weighted by Crippen LogP contribution is 2.31. The van der Waals surface area contributed by atoms with Gasteiger partial charge in [0.15, 0.2) is 5.60 Å². The van der Waals surface area contributed by atoms with E-state index in [1.165, 1.54) is 0 Å². The van der Waals surface area contributed by atoms with Gasteiger partial charge in [-0.15, -0.1) is 0 Å². The quantitative estimate of drug-likeness (QED) is 0.903. The molecule has 0 unspecified atom stereocenters. The molecule has 1 aliphatic rings. The lowest BCUT2D eigenvalue weighted by molar-refractivity contribution is -0.137. The second-order valence-electron chi connectivity index (χ2n) is 6.90. The van der Waals surface area contributed by atoms with Crippen molar-refractivity contribution in [3.63, 3.8) is 0 Å². The van der Waals surface area contributed by atoms with Crippen LogP contribution in [0.2, 0.25) is 0 Å². The average molecular weight is 323 g/mol. The summed E-state index contributed by atoms with van der Waals surface area (Å²) in [7, 11) is 0. The number of nitrogens with one attached hydrogen (secondary N) is 1. The van der Waals surface area contributed by atoms with Gasteiger partial charge in [0.05, 0.1) is 0 Å². The van der Waals surface area contributed by atoms with Gasteiger partial charge in [0.1, 0.15) is 0 Å². The first kappa shape index (κ1) is 16.7. The smallest absolute Gasteiger partial charge is 0.261 e. The van der Waals surface area contributed by atoms with Gasteiger partial charge in [-0.2, -0.15) is 0 Å². The van der Waals surface area contributed by atoms with Crippen LogP contribution in [0.25, 0.3) is 0 Å². The molecule has 3 rings (SSSR count). The van der Waals surface area contributed by atoms with Crippen LogP contribution >= 0.6 is 0 Å². The molecule has 0 radical (unpaired) electrons. The molecule has 2 aromatic carbocycles. The number of carbonyl (C=O) groups excluding carboxylic acids is 1. The van der Waals surface area contributed by atoms with E-state index in [2.05, 4.69) is 5.32 Å². The number of aryl methyl sites for hydroxylation is 2. The Kier molecular flexibility index (Phi) is 4.72. The van der Waals surface area contributed by atoms with Crippen molar-refractivity contribution in [2.45, 2.75) is 51.2 Å². The summed E-state index contributed by atoms with van der Waals surface area (Å²) >= 11 is 0. The molecular weight excluding hydrogens is 298 g/mol. The molecule has 0 aliphatic heterocycles. The number of rotatable bonds is 4. The minimum atomic E-state index is -1.66. The van der Waals surface area contributed by atoms with Gasteiger partial charge in [-0.25, -0.2) is 0 Å². The number of amides is 1. The summed E-state index contributed by atoms with van der Waals surface area (Å²) < 4.78 is 0. The van der Waals surface area contributed by atoms with Gasteiger partial charge in [0, 0.05) is 6.04 Å².